The smallest absolute Gasteiger partial charge is 0.156 e. The van der Waals surface area contributed by atoms with Crippen LogP contribution in [0, 0.1) is 17.3 Å². The first kappa shape index (κ1) is 22.5. The Morgan fingerprint density at radius 2 is 1.94 bits per heavy atom. The SMILES string of the molecule is COCC1(OC)CCC2C3CCC4=CC(=O)CC(c5ccc(/C=N/O)cc5)C4=C3CCC21C. The second-order valence-electron chi connectivity index (χ2n) is 10.6. The van der Waals surface area contributed by atoms with Crippen LogP contribution in [0.1, 0.15) is 68.9 Å². The fourth-order valence-electron chi connectivity index (χ4n) is 7.76. The van der Waals surface area contributed by atoms with E-state index in [9.17, 15) is 4.79 Å². The van der Waals surface area contributed by atoms with Crippen LogP contribution in [0.5, 0.6) is 0 Å². The lowest BCUT2D eigenvalue weighted by Crippen LogP contribution is -2.53. The van der Waals surface area contributed by atoms with Gasteiger partial charge in [0, 0.05) is 32.0 Å². The zero-order valence-electron chi connectivity index (χ0n) is 20.0. The van der Waals surface area contributed by atoms with Crippen molar-refractivity contribution in [2.75, 3.05) is 20.8 Å². The predicted octanol–water partition coefficient (Wildman–Crippen LogP) is 5.43. The summed E-state index contributed by atoms with van der Waals surface area (Å²) in [6, 6.07) is 8.11. The van der Waals surface area contributed by atoms with Gasteiger partial charge >= 0.3 is 0 Å². The lowest BCUT2D eigenvalue weighted by atomic mass is 9.54. The second kappa shape index (κ2) is 8.52. The number of nitrogens with zero attached hydrogens (tertiary/aromatic N) is 1. The Balaban J connectivity index is 1.55. The van der Waals surface area contributed by atoms with E-state index >= 15 is 0 Å². The second-order valence-corrected chi connectivity index (χ2v) is 10.6. The standard InChI is InChI=1S/C28H35NO4/c1-27-12-10-23-22(25(27)11-13-28(27,33-3)17-32-2)9-8-20-14-21(30)15-24(26(20)23)19-6-4-18(5-7-19)16-29-31/h4-7,14,16,22,24-25,31H,8-13,15,17H2,1-3H3/b29-16+. The highest BCUT2D eigenvalue weighted by Crippen LogP contribution is 2.65. The van der Waals surface area contributed by atoms with Crippen LogP contribution in [0.15, 0.2) is 52.2 Å². The third kappa shape index (κ3) is 3.43. The number of hydrogen-bond donors (Lipinski definition) is 1. The maximum absolute atomic E-state index is 12.7. The Hall–Kier alpha value is -2.24. The molecule has 0 spiro atoms. The molecule has 0 radical (unpaired) electrons. The van der Waals surface area contributed by atoms with Crippen LogP contribution in [0.2, 0.25) is 0 Å². The van der Waals surface area contributed by atoms with Crippen LogP contribution in [0.25, 0.3) is 0 Å². The first-order chi connectivity index (χ1) is 16.0. The van der Waals surface area contributed by atoms with Crippen LogP contribution in [0.4, 0.5) is 0 Å². The number of allylic oxidation sites excluding steroid dienone is 4. The van der Waals surface area contributed by atoms with Crippen molar-refractivity contribution in [1.29, 1.82) is 0 Å². The monoisotopic (exact) mass is 449 g/mol. The lowest BCUT2D eigenvalue weighted by molar-refractivity contribution is -0.147. The average molecular weight is 450 g/mol. The van der Waals surface area contributed by atoms with Gasteiger partial charge in [-0.25, -0.2) is 0 Å². The van der Waals surface area contributed by atoms with Crippen LogP contribution >= 0.6 is 0 Å². The van der Waals surface area contributed by atoms with Crippen molar-refractivity contribution in [3.63, 3.8) is 0 Å². The largest absolute Gasteiger partial charge is 0.411 e. The number of methoxy groups -OCH3 is 2. The molecule has 5 heteroatoms. The molecule has 2 fully saturated rings. The van der Waals surface area contributed by atoms with Crippen molar-refractivity contribution >= 4 is 12.0 Å². The number of carbonyl (C=O) groups is 1. The van der Waals surface area contributed by atoms with Crippen molar-refractivity contribution in [3.05, 3.63) is 58.2 Å². The summed E-state index contributed by atoms with van der Waals surface area (Å²) in [6.45, 7) is 3.09. The minimum absolute atomic E-state index is 0.110. The molecule has 2 saturated carbocycles. The number of fused-ring (bicyclic) bond motifs is 4. The molecular weight excluding hydrogens is 414 g/mol. The summed E-state index contributed by atoms with van der Waals surface area (Å²) >= 11 is 0. The van der Waals surface area contributed by atoms with Crippen molar-refractivity contribution in [1.82, 2.24) is 0 Å². The topological polar surface area (TPSA) is 68.1 Å². The van der Waals surface area contributed by atoms with E-state index in [-0.39, 0.29) is 22.7 Å². The molecule has 33 heavy (non-hydrogen) atoms. The number of carbonyl (C=O) groups excluding carboxylic acids is 1. The Morgan fingerprint density at radius 3 is 2.64 bits per heavy atom. The van der Waals surface area contributed by atoms with Gasteiger partial charge in [0.2, 0.25) is 0 Å². The van der Waals surface area contributed by atoms with E-state index in [2.05, 4.69) is 24.2 Å². The van der Waals surface area contributed by atoms with Crippen molar-refractivity contribution in [2.45, 2.75) is 63.4 Å². The molecular formula is C28H35NO4. The number of oxime groups is 1. The maximum Gasteiger partial charge on any atom is 0.156 e. The van der Waals surface area contributed by atoms with Crippen molar-refractivity contribution in [3.8, 4) is 0 Å². The minimum Gasteiger partial charge on any atom is -0.411 e. The minimum atomic E-state index is -0.204. The molecule has 0 amide bonds. The molecule has 5 atom stereocenters. The molecule has 176 valence electrons. The molecule has 0 heterocycles. The van der Waals surface area contributed by atoms with Crippen LogP contribution in [-0.4, -0.2) is 43.6 Å². The van der Waals surface area contributed by atoms with Gasteiger partial charge in [-0.15, -0.1) is 0 Å². The first-order valence-electron chi connectivity index (χ1n) is 12.2. The van der Waals surface area contributed by atoms with Gasteiger partial charge in [-0.2, -0.15) is 0 Å². The van der Waals surface area contributed by atoms with Crippen LogP contribution < -0.4 is 0 Å². The fraction of sp³-hybridized carbons (Fsp3) is 0.571. The van der Waals surface area contributed by atoms with Crippen molar-refractivity contribution < 1.29 is 19.5 Å². The highest BCUT2D eigenvalue weighted by atomic mass is 16.5. The van der Waals surface area contributed by atoms with Crippen molar-refractivity contribution in [2.24, 2.45) is 22.4 Å². The van der Waals surface area contributed by atoms with Gasteiger partial charge in [0.25, 0.3) is 0 Å². The predicted molar refractivity (Wildman–Crippen MR) is 128 cm³/mol. The molecule has 5 rings (SSSR count). The molecule has 4 aliphatic carbocycles. The van der Waals surface area contributed by atoms with E-state index < -0.39 is 0 Å². The quantitative estimate of drug-likeness (QED) is 0.370. The highest BCUT2D eigenvalue weighted by molar-refractivity contribution is 5.94. The van der Waals surface area contributed by atoms with Gasteiger partial charge < -0.3 is 14.7 Å². The molecule has 0 aliphatic heterocycles. The number of ether oxygens (including phenoxy) is 2. The summed E-state index contributed by atoms with van der Waals surface area (Å²) in [4.78, 5) is 12.7. The Kier molecular flexibility index (Phi) is 5.82. The molecule has 0 aromatic heterocycles. The first-order valence-corrected chi connectivity index (χ1v) is 12.2. The third-order valence-corrected chi connectivity index (χ3v) is 9.38. The van der Waals surface area contributed by atoms with E-state index in [4.69, 9.17) is 14.7 Å². The Morgan fingerprint density at radius 1 is 1.15 bits per heavy atom. The van der Waals surface area contributed by atoms with Gasteiger partial charge in [0.1, 0.15) is 0 Å². The number of rotatable bonds is 5. The maximum atomic E-state index is 12.7. The van der Waals surface area contributed by atoms with E-state index in [0.717, 1.165) is 37.7 Å². The molecule has 0 bridgehead atoms. The average Bonchev–Trinajstić information content (AvgIpc) is 3.12. The van der Waals surface area contributed by atoms with E-state index in [1.165, 1.54) is 29.3 Å². The Bertz CT molecular complexity index is 1020. The molecule has 4 aliphatic rings. The number of benzene rings is 1. The van der Waals surface area contributed by atoms with E-state index in [1.807, 2.05) is 25.3 Å². The zero-order valence-corrected chi connectivity index (χ0v) is 20.0. The summed E-state index contributed by atoms with van der Waals surface area (Å²) in [5.41, 5.74) is 6.24. The number of hydrogen-bond acceptors (Lipinski definition) is 5. The highest BCUT2D eigenvalue weighted by Gasteiger charge is 2.62. The summed E-state index contributed by atoms with van der Waals surface area (Å²) in [5, 5.41) is 12.0. The van der Waals surface area contributed by atoms with Crippen LogP contribution in [0.3, 0.4) is 0 Å². The van der Waals surface area contributed by atoms with Crippen LogP contribution in [-0.2, 0) is 14.3 Å². The van der Waals surface area contributed by atoms with Gasteiger partial charge in [-0.1, -0.05) is 41.9 Å². The summed E-state index contributed by atoms with van der Waals surface area (Å²) in [5.74, 6) is 1.50. The number of ketones is 1. The third-order valence-electron chi connectivity index (χ3n) is 9.38. The van der Waals surface area contributed by atoms with Gasteiger partial charge in [0.15, 0.2) is 5.78 Å². The van der Waals surface area contributed by atoms with Gasteiger partial charge in [-0.3, -0.25) is 4.79 Å². The fourth-order valence-corrected chi connectivity index (χ4v) is 7.76. The lowest BCUT2D eigenvalue weighted by Gasteiger charge is -2.53. The summed E-state index contributed by atoms with van der Waals surface area (Å²) in [7, 11) is 3.64. The van der Waals surface area contributed by atoms with E-state index in [1.54, 1.807) is 12.7 Å². The summed E-state index contributed by atoms with van der Waals surface area (Å²) < 4.78 is 11.9. The molecule has 5 nitrogen and oxygen atoms in total. The molecule has 1 aromatic rings. The molecule has 5 unspecified atom stereocenters. The normalized spacial score (nSPS) is 35.9. The molecule has 1 N–H and O–H groups in total. The van der Waals surface area contributed by atoms with E-state index in [0.29, 0.717) is 24.9 Å². The zero-order chi connectivity index (χ0) is 23.2. The molecule has 0 saturated heterocycles. The van der Waals surface area contributed by atoms with Gasteiger partial charge in [0.05, 0.1) is 18.4 Å². The van der Waals surface area contributed by atoms with Gasteiger partial charge in [-0.05, 0) is 78.7 Å². The Labute approximate surface area is 196 Å². The summed E-state index contributed by atoms with van der Waals surface area (Å²) in [6.07, 6.45) is 10.4. The molecule has 1 aromatic carbocycles.